The average molecular weight is 351 g/mol. The van der Waals surface area contributed by atoms with Crippen LogP contribution in [0.5, 0.6) is 0 Å². The van der Waals surface area contributed by atoms with E-state index >= 15 is 0 Å². The number of likely N-dealkylation sites (tertiary alicyclic amines) is 1. The topological polar surface area (TPSA) is 23.6 Å². The zero-order valence-corrected chi connectivity index (χ0v) is 16.2. The molecular weight excluding hydrogens is 320 g/mol. The maximum Gasteiger partial charge on any atom is 0.226 e. The summed E-state index contributed by atoms with van der Waals surface area (Å²) in [7, 11) is 0. The van der Waals surface area contributed by atoms with E-state index in [0.29, 0.717) is 12.5 Å². The summed E-state index contributed by atoms with van der Waals surface area (Å²) < 4.78 is 0. The fourth-order valence-electron chi connectivity index (χ4n) is 3.96. The summed E-state index contributed by atoms with van der Waals surface area (Å²) >= 11 is 0. The van der Waals surface area contributed by atoms with Crippen molar-refractivity contribution in [1.29, 1.82) is 0 Å². The number of carbonyl (C=O) groups is 1. The molecule has 2 aromatic rings. The van der Waals surface area contributed by atoms with Gasteiger partial charge in [-0.05, 0) is 43.9 Å². The largest absolute Gasteiger partial charge is 0.309 e. The van der Waals surface area contributed by atoms with Crippen molar-refractivity contribution in [2.45, 2.75) is 52.6 Å². The lowest BCUT2D eigenvalue weighted by Crippen LogP contribution is -2.47. The lowest BCUT2D eigenvalue weighted by Gasteiger charge is -2.39. The minimum absolute atomic E-state index is 0.235. The molecular formula is C23H30N2O. The van der Waals surface area contributed by atoms with Gasteiger partial charge in [0.1, 0.15) is 0 Å². The van der Waals surface area contributed by atoms with Crippen LogP contribution in [0, 0.1) is 13.8 Å². The highest BCUT2D eigenvalue weighted by molar-refractivity contribution is 5.94. The first-order chi connectivity index (χ1) is 12.6. The van der Waals surface area contributed by atoms with E-state index in [2.05, 4.69) is 72.2 Å². The molecule has 1 amide bonds. The van der Waals surface area contributed by atoms with Crippen LogP contribution in [0.25, 0.3) is 0 Å². The molecule has 1 aliphatic heterocycles. The van der Waals surface area contributed by atoms with E-state index in [0.717, 1.165) is 38.2 Å². The third-order valence-corrected chi connectivity index (χ3v) is 5.35. The van der Waals surface area contributed by atoms with E-state index in [1.807, 2.05) is 6.92 Å². The van der Waals surface area contributed by atoms with E-state index in [-0.39, 0.29) is 5.91 Å². The molecule has 3 rings (SSSR count). The summed E-state index contributed by atoms with van der Waals surface area (Å²) in [5.74, 6) is 0.235. The van der Waals surface area contributed by atoms with Gasteiger partial charge in [0, 0.05) is 37.8 Å². The molecule has 1 fully saturated rings. The van der Waals surface area contributed by atoms with Crippen LogP contribution in [0.2, 0.25) is 0 Å². The van der Waals surface area contributed by atoms with Crippen molar-refractivity contribution in [2.24, 2.45) is 0 Å². The number of piperidine rings is 1. The van der Waals surface area contributed by atoms with Gasteiger partial charge < -0.3 is 4.90 Å². The van der Waals surface area contributed by atoms with Crippen molar-refractivity contribution >= 4 is 11.6 Å². The standard InChI is InChI=1S/C23H30N2O/c1-4-23(26)25(22-11-10-18(2)16-19(22)3)21-12-14-24(15-13-21)17-20-8-6-5-7-9-20/h5-11,16,21H,4,12-15,17H2,1-3H3. The van der Waals surface area contributed by atoms with Gasteiger partial charge in [-0.25, -0.2) is 0 Å². The molecule has 2 aromatic carbocycles. The van der Waals surface area contributed by atoms with Gasteiger partial charge in [-0.3, -0.25) is 9.69 Å². The van der Waals surface area contributed by atoms with Crippen molar-refractivity contribution < 1.29 is 4.79 Å². The van der Waals surface area contributed by atoms with Gasteiger partial charge in [-0.15, -0.1) is 0 Å². The first-order valence-electron chi connectivity index (χ1n) is 9.74. The van der Waals surface area contributed by atoms with E-state index in [4.69, 9.17) is 0 Å². The number of hydrogen-bond acceptors (Lipinski definition) is 2. The predicted octanol–water partition coefficient (Wildman–Crippen LogP) is 4.71. The molecule has 0 aliphatic carbocycles. The van der Waals surface area contributed by atoms with Crippen molar-refractivity contribution in [3.63, 3.8) is 0 Å². The van der Waals surface area contributed by atoms with Crippen molar-refractivity contribution in [3.8, 4) is 0 Å². The molecule has 0 N–H and O–H groups in total. The molecule has 3 heteroatoms. The minimum Gasteiger partial charge on any atom is -0.309 e. The van der Waals surface area contributed by atoms with E-state index in [1.54, 1.807) is 0 Å². The van der Waals surface area contributed by atoms with Crippen molar-refractivity contribution in [3.05, 3.63) is 65.2 Å². The number of anilines is 1. The molecule has 0 radical (unpaired) electrons. The molecule has 26 heavy (non-hydrogen) atoms. The third-order valence-electron chi connectivity index (χ3n) is 5.35. The Hall–Kier alpha value is -2.13. The second kappa shape index (κ2) is 8.50. The van der Waals surface area contributed by atoms with Crippen LogP contribution >= 0.6 is 0 Å². The Kier molecular flexibility index (Phi) is 6.10. The monoisotopic (exact) mass is 350 g/mol. The fourth-order valence-corrected chi connectivity index (χ4v) is 3.96. The summed E-state index contributed by atoms with van der Waals surface area (Å²) in [6.07, 6.45) is 2.62. The molecule has 1 aliphatic rings. The first kappa shape index (κ1) is 18.7. The van der Waals surface area contributed by atoms with Crippen LogP contribution < -0.4 is 4.90 Å². The molecule has 3 nitrogen and oxygen atoms in total. The number of hydrogen-bond donors (Lipinski definition) is 0. The molecule has 0 unspecified atom stereocenters. The highest BCUT2D eigenvalue weighted by Crippen LogP contribution is 2.28. The second-order valence-corrected chi connectivity index (χ2v) is 7.40. The van der Waals surface area contributed by atoms with Crippen LogP contribution in [0.1, 0.15) is 42.9 Å². The molecule has 0 aromatic heterocycles. The maximum absolute atomic E-state index is 12.7. The number of nitrogens with zero attached hydrogens (tertiary/aromatic N) is 2. The predicted molar refractivity (Wildman–Crippen MR) is 108 cm³/mol. The fraction of sp³-hybridized carbons (Fsp3) is 0.435. The highest BCUT2D eigenvalue weighted by Gasteiger charge is 2.29. The van der Waals surface area contributed by atoms with Gasteiger partial charge in [0.2, 0.25) is 5.91 Å². The molecule has 1 saturated heterocycles. The van der Waals surface area contributed by atoms with Crippen LogP contribution in [-0.2, 0) is 11.3 Å². The zero-order valence-electron chi connectivity index (χ0n) is 16.2. The minimum atomic E-state index is 0.235. The lowest BCUT2D eigenvalue weighted by atomic mass is 9.99. The Morgan fingerprint density at radius 1 is 1.08 bits per heavy atom. The molecule has 1 heterocycles. The van der Waals surface area contributed by atoms with Crippen molar-refractivity contribution in [1.82, 2.24) is 4.90 Å². The molecule has 0 bridgehead atoms. The number of aryl methyl sites for hydroxylation is 2. The van der Waals surface area contributed by atoms with E-state index in [1.165, 1.54) is 16.7 Å². The van der Waals surface area contributed by atoms with Crippen LogP contribution in [0.15, 0.2) is 48.5 Å². The number of rotatable bonds is 5. The highest BCUT2D eigenvalue weighted by atomic mass is 16.2. The normalized spacial score (nSPS) is 15.8. The average Bonchev–Trinajstić information content (AvgIpc) is 2.65. The zero-order chi connectivity index (χ0) is 18.5. The van der Waals surface area contributed by atoms with E-state index < -0.39 is 0 Å². The summed E-state index contributed by atoms with van der Waals surface area (Å²) in [6, 6.07) is 17.4. The number of carbonyl (C=O) groups excluding carboxylic acids is 1. The SMILES string of the molecule is CCC(=O)N(c1ccc(C)cc1C)C1CCN(Cc2ccccc2)CC1. The molecule has 0 spiro atoms. The van der Waals surface area contributed by atoms with Gasteiger partial charge in [0.15, 0.2) is 0 Å². The third kappa shape index (κ3) is 4.34. The Morgan fingerprint density at radius 2 is 1.77 bits per heavy atom. The summed E-state index contributed by atoms with van der Waals surface area (Å²) in [5.41, 5.74) is 4.89. The second-order valence-electron chi connectivity index (χ2n) is 7.40. The first-order valence-corrected chi connectivity index (χ1v) is 9.74. The smallest absolute Gasteiger partial charge is 0.226 e. The Bertz CT molecular complexity index is 733. The molecule has 0 atom stereocenters. The van der Waals surface area contributed by atoms with Crippen LogP contribution in [0.4, 0.5) is 5.69 Å². The Labute approximate surface area is 157 Å². The summed E-state index contributed by atoms with van der Waals surface area (Å²) in [5, 5.41) is 0. The number of benzene rings is 2. The quantitative estimate of drug-likeness (QED) is 0.779. The van der Waals surface area contributed by atoms with E-state index in [9.17, 15) is 4.79 Å². The van der Waals surface area contributed by atoms with Crippen molar-refractivity contribution in [2.75, 3.05) is 18.0 Å². The van der Waals surface area contributed by atoms with Gasteiger partial charge in [-0.1, -0.05) is 55.0 Å². The summed E-state index contributed by atoms with van der Waals surface area (Å²) in [6.45, 7) is 9.26. The van der Waals surface area contributed by atoms with Gasteiger partial charge >= 0.3 is 0 Å². The van der Waals surface area contributed by atoms with Crippen LogP contribution in [0.3, 0.4) is 0 Å². The maximum atomic E-state index is 12.7. The van der Waals surface area contributed by atoms with Gasteiger partial charge in [0.05, 0.1) is 0 Å². The molecule has 138 valence electrons. The van der Waals surface area contributed by atoms with Gasteiger partial charge in [0.25, 0.3) is 0 Å². The lowest BCUT2D eigenvalue weighted by molar-refractivity contribution is -0.119. The molecule has 0 saturated carbocycles. The number of amides is 1. The Morgan fingerprint density at radius 3 is 2.38 bits per heavy atom. The van der Waals surface area contributed by atoms with Gasteiger partial charge in [-0.2, -0.15) is 0 Å². The summed E-state index contributed by atoms with van der Waals surface area (Å²) in [4.78, 5) is 17.3. The van der Waals surface area contributed by atoms with Crippen LogP contribution in [-0.4, -0.2) is 29.9 Å². The Balaban J connectivity index is 1.70.